The normalized spacial score (nSPS) is 13.1. The molecule has 39 heavy (non-hydrogen) atoms. The number of esters is 1. The van der Waals surface area contributed by atoms with Crippen molar-refractivity contribution in [1.82, 2.24) is 0 Å². The summed E-state index contributed by atoms with van der Waals surface area (Å²) >= 11 is 0. The van der Waals surface area contributed by atoms with Gasteiger partial charge in [0.05, 0.1) is 25.0 Å². The van der Waals surface area contributed by atoms with Crippen LogP contribution in [0.2, 0.25) is 0 Å². The lowest BCUT2D eigenvalue weighted by Gasteiger charge is -2.23. The van der Waals surface area contributed by atoms with Crippen LogP contribution in [-0.4, -0.2) is 75.3 Å². The van der Waals surface area contributed by atoms with Crippen LogP contribution >= 0.6 is 0 Å². The maximum Gasteiger partial charge on any atom is 0.336 e. The second kappa shape index (κ2) is 13.8. The number of benzene rings is 2. The highest BCUT2D eigenvalue weighted by molar-refractivity contribution is 5.88. The Kier molecular flexibility index (Phi) is 11.1. The van der Waals surface area contributed by atoms with Crippen LogP contribution in [-0.2, 0) is 41.5 Å². The number of aliphatic hydroxyl groups is 1. The maximum atomic E-state index is 13.0. The number of carbonyl (C=O) groups is 4. The number of hydrogen-bond acceptors (Lipinski definition) is 8. The maximum absolute atomic E-state index is 13.0. The number of fused-ring (bicyclic) bond motifs is 2. The molecular formula is C28H35NO10. The SMILES string of the molecule is CC(C)(CN)OCCOC(=O)C1c2ccccc2CCc2ccccc21.O=C(O)CC(O)(CC(=O)O)C(=O)O. The van der Waals surface area contributed by atoms with Gasteiger partial charge >= 0.3 is 23.9 Å². The summed E-state index contributed by atoms with van der Waals surface area (Å²) in [5, 5.41) is 33.8. The first kappa shape index (κ1) is 31.4. The summed E-state index contributed by atoms with van der Waals surface area (Å²) in [6, 6.07) is 16.3. The van der Waals surface area contributed by atoms with Gasteiger partial charge in [-0.05, 0) is 48.9 Å². The van der Waals surface area contributed by atoms with E-state index in [1.807, 2.05) is 50.2 Å². The molecule has 0 aliphatic heterocycles. The Morgan fingerprint density at radius 1 is 0.846 bits per heavy atom. The zero-order valence-corrected chi connectivity index (χ0v) is 22.0. The molecule has 11 heteroatoms. The quantitative estimate of drug-likeness (QED) is 0.205. The van der Waals surface area contributed by atoms with Gasteiger partial charge < -0.3 is 35.6 Å². The molecule has 0 unspecified atom stereocenters. The molecule has 3 rings (SSSR count). The van der Waals surface area contributed by atoms with Gasteiger partial charge in [-0.2, -0.15) is 0 Å². The van der Waals surface area contributed by atoms with Crippen molar-refractivity contribution in [3.8, 4) is 0 Å². The molecule has 0 aromatic heterocycles. The highest BCUT2D eigenvalue weighted by Gasteiger charge is 2.40. The Labute approximate surface area is 226 Å². The van der Waals surface area contributed by atoms with Crippen LogP contribution in [0, 0.1) is 0 Å². The molecule has 11 nitrogen and oxygen atoms in total. The van der Waals surface area contributed by atoms with Crippen molar-refractivity contribution in [2.45, 2.75) is 56.7 Å². The molecule has 1 aliphatic carbocycles. The molecule has 2 aromatic rings. The molecule has 0 spiro atoms. The van der Waals surface area contributed by atoms with Crippen molar-refractivity contribution in [2.75, 3.05) is 19.8 Å². The number of hydrogen-bond donors (Lipinski definition) is 5. The van der Waals surface area contributed by atoms with Crippen molar-refractivity contribution >= 4 is 23.9 Å². The molecule has 0 heterocycles. The molecule has 1 aliphatic rings. The minimum atomic E-state index is -2.74. The summed E-state index contributed by atoms with van der Waals surface area (Å²) in [5.41, 5.74) is 7.03. The lowest BCUT2D eigenvalue weighted by Crippen LogP contribution is -2.42. The number of carbonyl (C=O) groups excluding carboxylic acids is 1. The number of carboxylic acid groups (broad SMARTS) is 3. The largest absolute Gasteiger partial charge is 0.481 e. The molecule has 0 fully saturated rings. The van der Waals surface area contributed by atoms with E-state index in [1.165, 1.54) is 11.1 Å². The first-order valence-corrected chi connectivity index (χ1v) is 12.4. The average molecular weight is 546 g/mol. The van der Waals surface area contributed by atoms with Gasteiger partial charge in [-0.25, -0.2) is 4.79 Å². The Balaban J connectivity index is 0.000000349. The Hall–Kier alpha value is -3.80. The van der Waals surface area contributed by atoms with Crippen LogP contribution in [0.15, 0.2) is 48.5 Å². The first-order chi connectivity index (χ1) is 18.3. The summed E-state index contributed by atoms with van der Waals surface area (Å²) in [4.78, 5) is 43.5. The average Bonchev–Trinajstić information content (AvgIpc) is 3.03. The van der Waals surface area contributed by atoms with E-state index in [-0.39, 0.29) is 18.5 Å². The number of rotatable bonds is 11. The van der Waals surface area contributed by atoms with Gasteiger partial charge in [-0.3, -0.25) is 14.4 Å². The standard InChI is InChI=1S/C22H27NO3.C6H8O7/c1-22(2,15-23)26-14-13-25-21(24)20-18-9-5-3-7-16(18)11-12-17-8-4-6-10-19(17)20;7-3(8)1-6(13,5(11)12)2-4(9)10/h3-10,20H,11-15,23H2,1-2H3;13H,1-2H2,(H,7,8)(H,9,10)(H,11,12). The van der Waals surface area contributed by atoms with Crippen LogP contribution in [0.1, 0.15) is 54.9 Å². The van der Waals surface area contributed by atoms with Gasteiger partial charge in [0.15, 0.2) is 5.60 Å². The van der Waals surface area contributed by atoms with Crippen LogP contribution in [0.3, 0.4) is 0 Å². The van der Waals surface area contributed by atoms with Gasteiger partial charge in [-0.15, -0.1) is 0 Å². The van der Waals surface area contributed by atoms with E-state index in [0.29, 0.717) is 13.2 Å². The molecule has 0 bridgehead atoms. The number of ether oxygens (including phenoxy) is 2. The van der Waals surface area contributed by atoms with Gasteiger partial charge in [-0.1, -0.05) is 48.5 Å². The molecule has 2 aromatic carbocycles. The van der Waals surface area contributed by atoms with Gasteiger partial charge in [0, 0.05) is 6.54 Å². The Bertz CT molecular complexity index is 1110. The third-order valence-electron chi connectivity index (χ3n) is 6.23. The summed E-state index contributed by atoms with van der Waals surface area (Å²) in [5.74, 6) is -5.62. The fourth-order valence-corrected chi connectivity index (χ4v) is 4.09. The minimum absolute atomic E-state index is 0.221. The number of nitrogens with two attached hydrogens (primary N) is 1. The van der Waals surface area contributed by atoms with E-state index in [2.05, 4.69) is 12.1 Å². The van der Waals surface area contributed by atoms with Crippen LogP contribution in [0.5, 0.6) is 0 Å². The second-order valence-corrected chi connectivity index (χ2v) is 9.79. The predicted molar refractivity (Wildman–Crippen MR) is 139 cm³/mol. The number of carboxylic acids is 3. The summed E-state index contributed by atoms with van der Waals surface area (Å²) in [6.45, 7) is 4.83. The third kappa shape index (κ3) is 9.17. The van der Waals surface area contributed by atoms with Crippen molar-refractivity contribution < 1.29 is 49.1 Å². The van der Waals surface area contributed by atoms with Gasteiger partial charge in [0.25, 0.3) is 0 Å². The van der Waals surface area contributed by atoms with Gasteiger partial charge in [0.1, 0.15) is 12.5 Å². The zero-order valence-electron chi connectivity index (χ0n) is 22.0. The van der Waals surface area contributed by atoms with E-state index in [9.17, 15) is 19.2 Å². The van der Waals surface area contributed by atoms with E-state index >= 15 is 0 Å². The van der Waals surface area contributed by atoms with E-state index in [4.69, 9.17) is 35.6 Å². The summed E-state index contributed by atoms with van der Waals surface area (Å²) < 4.78 is 11.3. The van der Waals surface area contributed by atoms with Crippen molar-refractivity contribution in [2.24, 2.45) is 5.73 Å². The molecule has 0 radical (unpaired) electrons. The minimum Gasteiger partial charge on any atom is -0.481 e. The van der Waals surface area contributed by atoms with E-state index in [1.54, 1.807) is 0 Å². The fourth-order valence-electron chi connectivity index (χ4n) is 4.09. The second-order valence-electron chi connectivity index (χ2n) is 9.79. The molecule has 0 saturated carbocycles. The highest BCUT2D eigenvalue weighted by Crippen LogP contribution is 2.35. The monoisotopic (exact) mass is 545 g/mol. The van der Waals surface area contributed by atoms with Gasteiger partial charge in [0.2, 0.25) is 0 Å². The van der Waals surface area contributed by atoms with Crippen LogP contribution < -0.4 is 5.73 Å². The molecule has 212 valence electrons. The first-order valence-electron chi connectivity index (χ1n) is 12.4. The topological polar surface area (TPSA) is 194 Å². The van der Waals surface area contributed by atoms with Crippen LogP contribution in [0.25, 0.3) is 0 Å². The van der Waals surface area contributed by atoms with Crippen molar-refractivity contribution in [3.05, 3.63) is 70.8 Å². The highest BCUT2D eigenvalue weighted by atomic mass is 16.6. The molecular weight excluding hydrogens is 510 g/mol. The Morgan fingerprint density at radius 2 is 1.31 bits per heavy atom. The lowest BCUT2D eigenvalue weighted by molar-refractivity contribution is -0.170. The smallest absolute Gasteiger partial charge is 0.336 e. The third-order valence-corrected chi connectivity index (χ3v) is 6.23. The van der Waals surface area contributed by atoms with Crippen LogP contribution in [0.4, 0.5) is 0 Å². The summed E-state index contributed by atoms with van der Waals surface area (Å²) in [7, 11) is 0. The zero-order chi connectivity index (χ0) is 29.2. The van der Waals surface area contributed by atoms with E-state index in [0.717, 1.165) is 24.0 Å². The predicted octanol–water partition coefficient (Wildman–Crippen LogP) is 1.97. The van der Waals surface area contributed by atoms with E-state index < -0.39 is 42.0 Å². The summed E-state index contributed by atoms with van der Waals surface area (Å²) in [6.07, 6.45) is -0.418. The molecule has 0 atom stereocenters. The molecule has 6 N–H and O–H groups in total. The fraction of sp³-hybridized carbons (Fsp3) is 0.429. The number of aliphatic carboxylic acids is 3. The van der Waals surface area contributed by atoms with Crippen molar-refractivity contribution in [3.63, 3.8) is 0 Å². The number of aryl methyl sites for hydroxylation is 2. The Morgan fingerprint density at radius 3 is 1.72 bits per heavy atom. The molecule has 0 amide bonds. The molecule has 0 saturated heterocycles. The lowest BCUT2D eigenvalue weighted by atomic mass is 9.88. The van der Waals surface area contributed by atoms with Crippen molar-refractivity contribution in [1.29, 1.82) is 0 Å².